The third-order valence-corrected chi connectivity index (χ3v) is 1.80. The molecule has 0 radical (unpaired) electrons. The zero-order chi connectivity index (χ0) is 7.84. The normalized spacial score (nSPS) is 10.6. The molecule has 0 aliphatic rings. The van der Waals surface area contributed by atoms with Gasteiger partial charge in [-0.3, -0.25) is 0 Å². The summed E-state index contributed by atoms with van der Waals surface area (Å²) in [6.45, 7) is 0. The van der Waals surface area contributed by atoms with E-state index in [1.54, 1.807) is 0 Å². The fourth-order valence-corrected chi connectivity index (χ4v) is 1.32. The van der Waals surface area contributed by atoms with E-state index in [1.807, 2.05) is 0 Å². The lowest BCUT2D eigenvalue weighted by molar-refractivity contribution is 1.20. The van der Waals surface area contributed by atoms with Crippen LogP contribution in [0.15, 0.2) is 6.33 Å². The number of fused-ring (bicyclic) bond motifs is 1. The van der Waals surface area contributed by atoms with Gasteiger partial charge in [-0.2, -0.15) is 0 Å². The highest BCUT2D eigenvalue weighted by molar-refractivity contribution is 14.1. The lowest BCUT2D eigenvalue weighted by atomic mass is 10.5. The fourth-order valence-electron chi connectivity index (χ4n) is 0.818. The lowest BCUT2D eigenvalue weighted by Crippen LogP contribution is -1.91. The smallest absolute Gasteiger partial charge is 0.183 e. The predicted octanol–water partition coefficient (Wildman–Crippen LogP) is 0.540. The van der Waals surface area contributed by atoms with Crippen LogP contribution in [0.4, 0.5) is 5.82 Å². The zero-order valence-corrected chi connectivity index (χ0v) is 7.53. The maximum atomic E-state index is 5.54. The summed E-state index contributed by atoms with van der Waals surface area (Å²) in [7, 11) is 0. The predicted molar refractivity (Wildman–Crippen MR) is 48.8 cm³/mol. The summed E-state index contributed by atoms with van der Waals surface area (Å²) in [6, 6.07) is 0. The van der Waals surface area contributed by atoms with Crippen molar-refractivity contribution >= 4 is 39.6 Å². The van der Waals surface area contributed by atoms with Crippen LogP contribution >= 0.6 is 22.6 Å². The number of hydrogen-bond acceptors (Lipinski definition) is 4. The average molecular weight is 258 g/mol. The molecule has 0 aliphatic heterocycles. The Morgan fingerprint density at radius 1 is 1.45 bits per heavy atom. The molecule has 2 aromatic rings. The topological polar surface area (TPSA) is 80.5 Å². The van der Waals surface area contributed by atoms with Gasteiger partial charge in [-0.1, -0.05) is 0 Å². The SMILES string of the molecule is Nc1ncnc2nc([124I])[nH]c12. The zero-order valence-electron chi connectivity index (χ0n) is 5.37. The highest BCUT2D eigenvalue weighted by Crippen LogP contribution is 2.13. The van der Waals surface area contributed by atoms with E-state index in [0.717, 1.165) is 3.83 Å². The van der Waals surface area contributed by atoms with Gasteiger partial charge < -0.3 is 10.7 Å². The van der Waals surface area contributed by atoms with Gasteiger partial charge in [0.1, 0.15) is 11.8 Å². The van der Waals surface area contributed by atoms with Crippen molar-refractivity contribution in [2.24, 2.45) is 0 Å². The van der Waals surface area contributed by atoms with E-state index in [4.69, 9.17) is 5.73 Å². The standard InChI is InChI=1S/C5H4IN5/c6-5-10-2-3(7)8-1-9-4(2)11-5/h1H,(H3,7,8,9,10,11)/i6-3. The summed E-state index contributed by atoms with van der Waals surface area (Å²) in [5.41, 5.74) is 6.86. The van der Waals surface area contributed by atoms with Crippen LogP contribution in [0, 0.1) is 3.83 Å². The minimum absolute atomic E-state index is 0.436. The Labute approximate surface area is 75.6 Å². The van der Waals surface area contributed by atoms with Crippen LogP contribution in [0.25, 0.3) is 11.2 Å². The molecule has 56 valence electrons. The number of rotatable bonds is 0. The van der Waals surface area contributed by atoms with E-state index in [-0.39, 0.29) is 0 Å². The van der Waals surface area contributed by atoms with Crippen LogP contribution in [0.3, 0.4) is 0 Å². The average Bonchev–Trinajstić information content (AvgIpc) is 2.31. The van der Waals surface area contributed by atoms with Crippen LogP contribution < -0.4 is 5.73 Å². The number of aromatic amines is 1. The summed E-state index contributed by atoms with van der Waals surface area (Å²) >= 11 is 2.06. The molecule has 5 nitrogen and oxygen atoms in total. The molecule has 0 aromatic carbocycles. The van der Waals surface area contributed by atoms with Crippen molar-refractivity contribution in [2.45, 2.75) is 0 Å². The highest BCUT2D eigenvalue weighted by Gasteiger charge is 2.03. The summed E-state index contributed by atoms with van der Waals surface area (Å²) in [6.07, 6.45) is 1.40. The Kier molecular flexibility index (Phi) is 1.41. The largest absolute Gasteiger partial charge is 0.382 e. The molecule has 2 heterocycles. The molecule has 0 atom stereocenters. The van der Waals surface area contributed by atoms with Crippen LogP contribution in [-0.4, -0.2) is 19.9 Å². The van der Waals surface area contributed by atoms with Gasteiger partial charge in [0.2, 0.25) is 0 Å². The highest BCUT2D eigenvalue weighted by atomic mass is 124. The van der Waals surface area contributed by atoms with Crippen molar-refractivity contribution in [3.63, 3.8) is 0 Å². The summed E-state index contributed by atoms with van der Waals surface area (Å²) in [5, 5.41) is 0. The quantitative estimate of drug-likeness (QED) is 0.533. The second-order valence-corrected chi connectivity index (χ2v) is 3.01. The third-order valence-electron chi connectivity index (χ3n) is 1.29. The summed E-state index contributed by atoms with van der Waals surface area (Å²) in [5.74, 6) is 0.436. The third kappa shape index (κ3) is 1.02. The second kappa shape index (κ2) is 2.29. The number of hydrogen-bond donors (Lipinski definition) is 2. The summed E-state index contributed by atoms with van der Waals surface area (Å²) < 4.78 is 0.768. The molecule has 0 saturated carbocycles. The molecule has 2 rings (SSSR count). The molecule has 0 fully saturated rings. The fraction of sp³-hybridized carbons (Fsp3) is 0. The van der Waals surface area contributed by atoms with Crippen molar-refractivity contribution in [3.8, 4) is 0 Å². The van der Waals surface area contributed by atoms with Gasteiger partial charge in [0, 0.05) is 0 Å². The Morgan fingerprint density at radius 2 is 2.27 bits per heavy atom. The molecule has 0 amide bonds. The number of imidazole rings is 1. The second-order valence-electron chi connectivity index (χ2n) is 1.99. The number of nitrogens with two attached hydrogens (primary N) is 1. The molecular weight excluding hydrogens is 254 g/mol. The number of halogens is 1. The first-order valence-corrected chi connectivity index (χ1v) is 3.97. The molecule has 11 heavy (non-hydrogen) atoms. The van der Waals surface area contributed by atoms with E-state index in [2.05, 4.69) is 42.5 Å². The molecule has 3 N–H and O–H groups in total. The molecule has 0 unspecified atom stereocenters. The van der Waals surface area contributed by atoms with Crippen molar-refractivity contribution in [1.29, 1.82) is 0 Å². The maximum absolute atomic E-state index is 5.54. The van der Waals surface area contributed by atoms with E-state index in [1.165, 1.54) is 6.33 Å². The monoisotopic (exact) mass is 258 g/mol. The van der Waals surface area contributed by atoms with Gasteiger partial charge in [0.15, 0.2) is 15.3 Å². The number of nitrogens with zero attached hydrogens (tertiary/aromatic N) is 3. The van der Waals surface area contributed by atoms with Gasteiger partial charge in [-0.05, 0) is 22.6 Å². The molecule has 2 aromatic heterocycles. The summed E-state index contributed by atoms with van der Waals surface area (Å²) in [4.78, 5) is 14.8. The Balaban J connectivity index is 2.90. The first kappa shape index (κ1) is 6.77. The lowest BCUT2D eigenvalue weighted by Gasteiger charge is -1.89. The Hall–Kier alpha value is -0.920. The van der Waals surface area contributed by atoms with E-state index >= 15 is 0 Å². The molecule has 0 aliphatic carbocycles. The van der Waals surface area contributed by atoms with Crippen molar-refractivity contribution in [3.05, 3.63) is 10.2 Å². The van der Waals surface area contributed by atoms with E-state index in [0.29, 0.717) is 17.0 Å². The van der Waals surface area contributed by atoms with Gasteiger partial charge in [0.25, 0.3) is 0 Å². The van der Waals surface area contributed by atoms with Crippen LogP contribution in [0.1, 0.15) is 0 Å². The molecular formula is C5H4IN5. The maximum Gasteiger partial charge on any atom is 0.183 e. The van der Waals surface area contributed by atoms with Crippen LogP contribution in [0.5, 0.6) is 0 Å². The molecule has 0 saturated heterocycles. The number of nitrogen functional groups attached to an aromatic ring is 1. The molecule has 0 bridgehead atoms. The van der Waals surface area contributed by atoms with Crippen LogP contribution in [0.2, 0.25) is 0 Å². The molecule has 6 heteroatoms. The Morgan fingerprint density at radius 3 is 3.00 bits per heavy atom. The van der Waals surface area contributed by atoms with Gasteiger partial charge in [-0.25, -0.2) is 15.0 Å². The van der Waals surface area contributed by atoms with Gasteiger partial charge >= 0.3 is 0 Å². The number of aromatic nitrogens is 4. The van der Waals surface area contributed by atoms with Gasteiger partial charge in [-0.15, -0.1) is 0 Å². The van der Waals surface area contributed by atoms with Crippen molar-refractivity contribution < 1.29 is 0 Å². The first-order chi connectivity index (χ1) is 5.27. The van der Waals surface area contributed by atoms with Crippen molar-refractivity contribution in [2.75, 3.05) is 5.73 Å². The van der Waals surface area contributed by atoms with Crippen molar-refractivity contribution in [1.82, 2.24) is 19.9 Å². The first-order valence-electron chi connectivity index (χ1n) is 2.89. The Bertz CT molecular complexity index is 395. The van der Waals surface area contributed by atoms with E-state index in [9.17, 15) is 0 Å². The molecule has 0 spiro atoms. The van der Waals surface area contributed by atoms with E-state index < -0.39 is 0 Å². The number of nitrogens with one attached hydrogen (secondary N) is 1. The minimum Gasteiger partial charge on any atom is -0.382 e. The van der Waals surface area contributed by atoms with Crippen LogP contribution in [-0.2, 0) is 0 Å². The number of H-pyrrole nitrogens is 1. The minimum atomic E-state index is 0.436. The number of anilines is 1. The van der Waals surface area contributed by atoms with Gasteiger partial charge in [0.05, 0.1) is 0 Å².